The second-order valence-electron chi connectivity index (χ2n) is 6.85. The van der Waals surface area contributed by atoms with Crippen LogP contribution in [-0.4, -0.2) is 49.3 Å². The number of nitrogens with one attached hydrogen (secondary N) is 1. The van der Waals surface area contributed by atoms with Crippen LogP contribution in [0.4, 0.5) is 0 Å². The van der Waals surface area contributed by atoms with Gasteiger partial charge in [0.25, 0.3) is 0 Å². The van der Waals surface area contributed by atoms with E-state index in [0.717, 1.165) is 6.61 Å². The Balaban J connectivity index is 2.07. The Kier molecular flexibility index (Phi) is 6.31. The summed E-state index contributed by atoms with van der Waals surface area (Å²) in [5, 5.41) is 3.92. The zero-order chi connectivity index (χ0) is 14.4. The van der Waals surface area contributed by atoms with Crippen LogP contribution in [0, 0.1) is 0 Å². The molecule has 2 rings (SSSR count). The predicted molar refractivity (Wildman–Crippen MR) is 85.2 cm³/mol. The molecule has 1 aliphatic carbocycles. The molecule has 1 N–H and O–H groups in total. The van der Waals surface area contributed by atoms with Crippen molar-refractivity contribution in [3.8, 4) is 0 Å². The highest BCUT2D eigenvalue weighted by atomic mass is 16.5. The van der Waals surface area contributed by atoms with Gasteiger partial charge in [0.2, 0.25) is 0 Å². The van der Waals surface area contributed by atoms with Crippen molar-refractivity contribution in [1.29, 1.82) is 0 Å². The van der Waals surface area contributed by atoms with E-state index >= 15 is 0 Å². The van der Waals surface area contributed by atoms with Gasteiger partial charge in [-0.2, -0.15) is 0 Å². The van der Waals surface area contributed by atoms with Gasteiger partial charge in [-0.3, -0.25) is 4.90 Å². The van der Waals surface area contributed by atoms with Crippen molar-refractivity contribution >= 4 is 0 Å². The quantitative estimate of drug-likeness (QED) is 0.810. The van der Waals surface area contributed by atoms with Crippen LogP contribution in [0.25, 0.3) is 0 Å². The number of ether oxygens (including phenoxy) is 1. The van der Waals surface area contributed by atoms with Crippen molar-refractivity contribution in [2.45, 2.75) is 82.8 Å². The molecule has 3 nitrogen and oxygen atoms in total. The highest BCUT2D eigenvalue weighted by molar-refractivity contribution is 5.01. The van der Waals surface area contributed by atoms with Crippen LogP contribution in [0.1, 0.15) is 65.2 Å². The molecular formula is C17H34N2O. The second kappa shape index (κ2) is 7.77. The molecule has 0 aromatic rings. The van der Waals surface area contributed by atoms with E-state index in [4.69, 9.17) is 4.74 Å². The summed E-state index contributed by atoms with van der Waals surface area (Å²) in [4.78, 5) is 2.79. The summed E-state index contributed by atoms with van der Waals surface area (Å²) in [5.74, 6) is 0. The Morgan fingerprint density at radius 1 is 1.25 bits per heavy atom. The topological polar surface area (TPSA) is 24.5 Å². The molecule has 1 saturated carbocycles. The average Bonchev–Trinajstić information content (AvgIpc) is 2.48. The van der Waals surface area contributed by atoms with Crippen LogP contribution < -0.4 is 5.32 Å². The second-order valence-corrected chi connectivity index (χ2v) is 6.85. The smallest absolute Gasteiger partial charge is 0.0618 e. The summed E-state index contributed by atoms with van der Waals surface area (Å²) < 4.78 is 5.52. The van der Waals surface area contributed by atoms with E-state index in [0.29, 0.717) is 17.6 Å². The van der Waals surface area contributed by atoms with Gasteiger partial charge in [-0.15, -0.1) is 0 Å². The van der Waals surface area contributed by atoms with Crippen LogP contribution in [0.3, 0.4) is 0 Å². The van der Waals surface area contributed by atoms with E-state index in [1.807, 2.05) is 7.11 Å². The van der Waals surface area contributed by atoms with E-state index in [1.165, 1.54) is 64.5 Å². The maximum absolute atomic E-state index is 5.52. The van der Waals surface area contributed by atoms with Crippen molar-refractivity contribution < 1.29 is 4.74 Å². The molecule has 2 aliphatic rings. The molecular weight excluding hydrogens is 248 g/mol. The van der Waals surface area contributed by atoms with Crippen molar-refractivity contribution in [2.24, 2.45) is 0 Å². The molecule has 1 saturated heterocycles. The van der Waals surface area contributed by atoms with E-state index in [-0.39, 0.29) is 0 Å². The van der Waals surface area contributed by atoms with E-state index in [2.05, 4.69) is 24.1 Å². The van der Waals surface area contributed by atoms with Crippen LogP contribution in [-0.2, 0) is 4.74 Å². The van der Waals surface area contributed by atoms with Crippen LogP contribution in [0.5, 0.6) is 0 Å². The minimum absolute atomic E-state index is 0.406. The fourth-order valence-corrected chi connectivity index (χ4v) is 4.23. The third-order valence-electron chi connectivity index (χ3n) is 5.40. The number of hydrogen-bond acceptors (Lipinski definition) is 3. The predicted octanol–water partition coefficient (Wildman–Crippen LogP) is 3.19. The molecule has 2 atom stereocenters. The Morgan fingerprint density at radius 2 is 2.00 bits per heavy atom. The van der Waals surface area contributed by atoms with Gasteiger partial charge in [0.15, 0.2) is 0 Å². The van der Waals surface area contributed by atoms with Crippen LogP contribution in [0.2, 0.25) is 0 Å². The first-order chi connectivity index (χ1) is 9.74. The van der Waals surface area contributed by atoms with Gasteiger partial charge in [0.1, 0.15) is 0 Å². The van der Waals surface area contributed by atoms with Gasteiger partial charge in [0, 0.05) is 37.8 Å². The Morgan fingerprint density at radius 3 is 2.60 bits per heavy atom. The lowest BCUT2D eigenvalue weighted by Crippen LogP contribution is -2.67. The standard InChI is InChI=1S/C17H34N2O/c1-4-9-16(13-20-3)19-14-17(10-7-6-8-11-17)18-12-15(19)5-2/h15-16,18H,4-14H2,1-3H3. The number of nitrogens with zero attached hydrogens (tertiary/aromatic N) is 1. The summed E-state index contributed by atoms with van der Waals surface area (Å²) in [7, 11) is 1.85. The van der Waals surface area contributed by atoms with Crippen molar-refractivity contribution in [2.75, 3.05) is 26.8 Å². The fraction of sp³-hybridized carbons (Fsp3) is 1.00. The Hall–Kier alpha value is -0.120. The molecule has 1 heterocycles. The molecule has 0 aromatic carbocycles. The van der Waals surface area contributed by atoms with Gasteiger partial charge in [-0.1, -0.05) is 39.5 Å². The van der Waals surface area contributed by atoms with E-state index in [9.17, 15) is 0 Å². The summed E-state index contributed by atoms with van der Waals surface area (Å²) in [6.07, 6.45) is 10.7. The summed E-state index contributed by atoms with van der Waals surface area (Å²) >= 11 is 0. The Labute approximate surface area is 125 Å². The van der Waals surface area contributed by atoms with Crippen molar-refractivity contribution in [1.82, 2.24) is 10.2 Å². The monoisotopic (exact) mass is 282 g/mol. The van der Waals surface area contributed by atoms with E-state index in [1.54, 1.807) is 0 Å². The third kappa shape index (κ3) is 3.75. The Bertz CT molecular complexity index is 270. The summed E-state index contributed by atoms with van der Waals surface area (Å²) in [5.41, 5.74) is 0.406. The van der Waals surface area contributed by atoms with Gasteiger partial charge < -0.3 is 10.1 Å². The van der Waals surface area contributed by atoms with Crippen molar-refractivity contribution in [3.05, 3.63) is 0 Å². The number of rotatable bonds is 6. The minimum atomic E-state index is 0.406. The molecule has 20 heavy (non-hydrogen) atoms. The molecule has 2 fully saturated rings. The molecule has 0 aromatic heterocycles. The molecule has 2 unspecified atom stereocenters. The molecule has 3 heteroatoms. The normalized spacial score (nSPS) is 28.6. The molecule has 0 amide bonds. The van der Waals surface area contributed by atoms with Gasteiger partial charge >= 0.3 is 0 Å². The maximum Gasteiger partial charge on any atom is 0.0618 e. The van der Waals surface area contributed by atoms with Gasteiger partial charge in [0.05, 0.1) is 6.61 Å². The van der Waals surface area contributed by atoms with Gasteiger partial charge in [-0.25, -0.2) is 0 Å². The molecule has 0 radical (unpaired) electrons. The lowest BCUT2D eigenvalue weighted by atomic mass is 9.78. The third-order valence-corrected chi connectivity index (χ3v) is 5.40. The first kappa shape index (κ1) is 16.3. The molecule has 118 valence electrons. The molecule has 1 spiro atoms. The number of hydrogen-bond donors (Lipinski definition) is 1. The highest BCUT2D eigenvalue weighted by Gasteiger charge is 2.41. The zero-order valence-corrected chi connectivity index (χ0v) is 13.8. The van der Waals surface area contributed by atoms with E-state index < -0.39 is 0 Å². The maximum atomic E-state index is 5.52. The number of piperazine rings is 1. The van der Waals surface area contributed by atoms with Crippen LogP contribution in [0.15, 0.2) is 0 Å². The highest BCUT2D eigenvalue weighted by Crippen LogP contribution is 2.33. The largest absolute Gasteiger partial charge is 0.383 e. The first-order valence-corrected chi connectivity index (χ1v) is 8.74. The lowest BCUT2D eigenvalue weighted by Gasteiger charge is -2.52. The summed E-state index contributed by atoms with van der Waals surface area (Å²) in [6.45, 7) is 7.91. The van der Waals surface area contributed by atoms with Gasteiger partial charge in [-0.05, 0) is 25.7 Å². The SMILES string of the molecule is CCCC(COC)N1CC2(CCCCC2)NCC1CC. The van der Waals surface area contributed by atoms with Crippen molar-refractivity contribution in [3.63, 3.8) is 0 Å². The number of methoxy groups -OCH3 is 1. The minimum Gasteiger partial charge on any atom is -0.383 e. The molecule has 1 aliphatic heterocycles. The molecule has 0 bridgehead atoms. The fourth-order valence-electron chi connectivity index (χ4n) is 4.23. The lowest BCUT2D eigenvalue weighted by molar-refractivity contribution is -0.00755. The van der Waals surface area contributed by atoms with Crippen LogP contribution >= 0.6 is 0 Å². The summed E-state index contributed by atoms with van der Waals surface area (Å²) in [6, 6.07) is 1.30. The average molecular weight is 282 g/mol. The first-order valence-electron chi connectivity index (χ1n) is 8.74. The zero-order valence-electron chi connectivity index (χ0n) is 13.8.